The van der Waals surface area contributed by atoms with Crippen molar-refractivity contribution in [2.75, 3.05) is 6.61 Å². The van der Waals surface area contributed by atoms with Gasteiger partial charge in [0.15, 0.2) is 11.6 Å². The number of rotatable bonds is 6. The number of benzene rings is 2. The Balaban J connectivity index is 1.86. The number of nitrogens with two attached hydrogens (primary N) is 1. The summed E-state index contributed by atoms with van der Waals surface area (Å²) in [6.45, 7) is -0.290. The number of aliphatic hydroxyl groups excluding tert-OH is 2. The number of primary amides is 1. The molecule has 9 heteroatoms. The predicted molar refractivity (Wildman–Crippen MR) is 117 cm³/mol. The van der Waals surface area contributed by atoms with Crippen molar-refractivity contribution in [2.45, 2.75) is 25.7 Å². The van der Waals surface area contributed by atoms with Gasteiger partial charge in [-0.25, -0.2) is 8.78 Å². The zero-order valence-electron chi connectivity index (χ0n) is 18.1. The summed E-state index contributed by atoms with van der Waals surface area (Å²) in [5, 5.41) is 31.1. The Morgan fingerprint density at radius 3 is 2.38 bits per heavy atom. The molecule has 5 N–H and O–H groups in total. The van der Waals surface area contributed by atoms with E-state index in [1.807, 2.05) is 0 Å². The Hall–Kier alpha value is -3.59. The number of carbonyl (C=O) groups is 3. The third kappa shape index (κ3) is 4.07. The van der Waals surface area contributed by atoms with Gasteiger partial charge in [-0.2, -0.15) is 0 Å². The van der Waals surface area contributed by atoms with Crippen molar-refractivity contribution in [3.63, 3.8) is 0 Å². The van der Waals surface area contributed by atoms with Crippen LogP contribution in [0.2, 0.25) is 0 Å². The minimum atomic E-state index is -1.25. The lowest BCUT2D eigenvalue weighted by Crippen LogP contribution is -2.43. The fourth-order valence-corrected chi connectivity index (χ4v) is 5.31. The van der Waals surface area contributed by atoms with Crippen LogP contribution >= 0.6 is 0 Å². The normalized spacial score (nSPS) is 21.7. The molecular formula is C25H23F2NO6. The van der Waals surface area contributed by atoms with Gasteiger partial charge in [-0.1, -0.05) is 6.07 Å². The van der Waals surface area contributed by atoms with E-state index >= 15 is 0 Å². The first-order valence-corrected chi connectivity index (χ1v) is 10.8. The molecule has 178 valence electrons. The first kappa shape index (κ1) is 23.6. The van der Waals surface area contributed by atoms with E-state index in [0.29, 0.717) is 11.1 Å². The third-order valence-corrected chi connectivity index (χ3v) is 6.62. The summed E-state index contributed by atoms with van der Waals surface area (Å²) >= 11 is 0. The van der Waals surface area contributed by atoms with Gasteiger partial charge in [0.2, 0.25) is 5.91 Å². The lowest BCUT2D eigenvalue weighted by Gasteiger charge is -2.39. The Morgan fingerprint density at radius 2 is 1.76 bits per heavy atom. The van der Waals surface area contributed by atoms with Crippen LogP contribution in [0.5, 0.6) is 5.75 Å². The second kappa shape index (κ2) is 8.98. The number of fused-ring (bicyclic) bond motifs is 2. The van der Waals surface area contributed by atoms with E-state index in [4.69, 9.17) is 5.73 Å². The number of allylic oxidation sites excluding steroid dienone is 1. The number of carbonyl (C=O) groups excluding carboxylic acids is 3. The molecule has 34 heavy (non-hydrogen) atoms. The lowest BCUT2D eigenvalue weighted by atomic mass is 9.63. The van der Waals surface area contributed by atoms with Gasteiger partial charge in [-0.05, 0) is 66.0 Å². The standard InChI is InChI=1S/C25H23F2NO6/c26-14-6-12(7-15(27)9-14)16-1-2-18(30)23-17(16)8-13-5-11(3-4-29)21(19(31)10-20(28)32)24(33)22(13)25(23)34/h1-2,6-7,9,11,13,21,29-30,34H,3-5,8,10H2,(H2,28,32)/t11-,13-,21+/m1/s1. The largest absolute Gasteiger partial charge is 0.507 e. The highest BCUT2D eigenvalue weighted by atomic mass is 19.1. The number of phenols is 1. The van der Waals surface area contributed by atoms with Crippen molar-refractivity contribution in [3.8, 4) is 16.9 Å². The zero-order valence-corrected chi connectivity index (χ0v) is 18.1. The maximum absolute atomic E-state index is 13.9. The fraction of sp³-hybridized carbons (Fsp3) is 0.320. The van der Waals surface area contributed by atoms with Gasteiger partial charge in [0, 0.05) is 18.2 Å². The maximum atomic E-state index is 13.9. The molecule has 0 unspecified atom stereocenters. The number of hydrogen-bond acceptors (Lipinski definition) is 6. The molecular weight excluding hydrogens is 448 g/mol. The summed E-state index contributed by atoms with van der Waals surface area (Å²) in [5.74, 6) is -7.07. The SMILES string of the molecule is NC(=O)CC(=O)[C@H]1C(=O)C2=C(O)c3c(O)ccc(-c4cc(F)cc(F)c4)c3C[C@H]2C[C@H]1CCO. The Labute approximate surface area is 193 Å². The number of amides is 1. The van der Waals surface area contributed by atoms with Crippen LogP contribution in [-0.4, -0.2) is 39.4 Å². The van der Waals surface area contributed by atoms with Gasteiger partial charge in [0.05, 0.1) is 17.9 Å². The van der Waals surface area contributed by atoms with Gasteiger partial charge in [-0.3, -0.25) is 14.4 Å². The van der Waals surface area contributed by atoms with Crippen LogP contribution < -0.4 is 5.73 Å². The van der Waals surface area contributed by atoms with E-state index in [9.17, 15) is 38.5 Å². The maximum Gasteiger partial charge on any atom is 0.224 e. The molecule has 3 atom stereocenters. The number of ketones is 2. The molecule has 0 saturated heterocycles. The molecule has 0 aromatic heterocycles. The molecule has 0 spiro atoms. The lowest BCUT2D eigenvalue weighted by molar-refractivity contribution is -0.137. The van der Waals surface area contributed by atoms with E-state index in [0.717, 1.165) is 18.2 Å². The van der Waals surface area contributed by atoms with E-state index in [-0.39, 0.29) is 48.3 Å². The topological polar surface area (TPSA) is 138 Å². The second-order valence-corrected chi connectivity index (χ2v) is 8.77. The van der Waals surface area contributed by atoms with Crippen LogP contribution in [0, 0.1) is 29.4 Å². The molecule has 2 aromatic rings. The van der Waals surface area contributed by atoms with Crippen molar-refractivity contribution in [1.29, 1.82) is 0 Å². The van der Waals surface area contributed by atoms with Crippen molar-refractivity contribution >= 4 is 23.2 Å². The van der Waals surface area contributed by atoms with Gasteiger partial charge in [0.1, 0.15) is 23.1 Å². The number of hydrogen-bond donors (Lipinski definition) is 4. The molecule has 1 fully saturated rings. The molecule has 7 nitrogen and oxygen atoms in total. The predicted octanol–water partition coefficient (Wildman–Crippen LogP) is 2.81. The molecule has 1 saturated carbocycles. The summed E-state index contributed by atoms with van der Waals surface area (Å²) < 4.78 is 27.8. The number of aromatic hydroxyl groups is 1. The summed E-state index contributed by atoms with van der Waals surface area (Å²) in [6, 6.07) is 5.73. The molecule has 4 rings (SSSR count). The summed E-state index contributed by atoms with van der Waals surface area (Å²) in [5.41, 5.74) is 6.05. The molecule has 0 radical (unpaired) electrons. The van der Waals surface area contributed by atoms with Crippen LogP contribution in [0.3, 0.4) is 0 Å². The van der Waals surface area contributed by atoms with Gasteiger partial charge in [0.25, 0.3) is 0 Å². The van der Waals surface area contributed by atoms with Crippen molar-refractivity contribution in [3.05, 3.63) is 58.7 Å². The minimum Gasteiger partial charge on any atom is -0.507 e. The average molecular weight is 471 g/mol. The van der Waals surface area contributed by atoms with E-state index in [2.05, 4.69) is 0 Å². The third-order valence-electron chi connectivity index (χ3n) is 6.62. The van der Waals surface area contributed by atoms with Crippen molar-refractivity contribution < 1.29 is 38.5 Å². The van der Waals surface area contributed by atoms with E-state index in [1.165, 1.54) is 12.1 Å². The van der Waals surface area contributed by atoms with Gasteiger partial charge >= 0.3 is 0 Å². The Kier molecular flexibility index (Phi) is 6.22. The summed E-state index contributed by atoms with van der Waals surface area (Å²) in [6.07, 6.45) is -0.123. The second-order valence-electron chi connectivity index (χ2n) is 8.77. The molecule has 1 amide bonds. The highest BCUT2D eigenvalue weighted by Gasteiger charge is 2.47. The van der Waals surface area contributed by atoms with E-state index < -0.39 is 59.0 Å². The first-order valence-electron chi connectivity index (χ1n) is 10.8. The minimum absolute atomic E-state index is 0.0384. The highest BCUT2D eigenvalue weighted by molar-refractivity contribution is 6.17. The number of Topliss-reactive ketones (excluding diaryl/α,β-unsaturated/α-hetero) is 2. The number of halogens is 2. The van der Waals surface area contributed by atoms with Crippen LogP contribution in [0.4, 0.5) is 8.78 Å². The Morgan fingerprint density at radius 1 is 1.09 bits per heavy atom. The summed E-state index contributed by atoms with van der Waals surface area (Å²) in [4.78, 5) is 37.4. The van der Waals surface area contributed by atoms with Gasteiger partial charge in [-0.15, -0.1) is 0 Å². The average Bonchev–Trinajstić information content (AvgIpc) is 2.72. The molecule has 0 bridgehead atoms. The quantitative estimate of drug-likeness (QED) is 0.478. The molecule has 2 aliphatic carbocycles. The monoisotopic (exact) mass is 471 g/mol. The van der Waals surface area contributed by atoms with Crippen LogP contribution in [0.1, 0.15) is 30.4 Å². The molecule has 0 heterocycles. The van der Waals surface area contributed by atoms with E-state index in [1.54, 1.807) is 0 Å². The molecule has 2 aliphatic rings. The number of aliphatic hydroxyl groups is 2. The molecule has 0 aliphatic heterocycles. The van der Waals surface area contributed by atoms with Crippen molar-refractivity contribution in [1.82, 2.24) is 0 Å². The van der Waals surface area contributed by atoms with Crippen molar-refractivity contribution in [2.24, 2.45) is 23.5 Å². The first-order chi connectivity index (χ1) is 16.1. The van der Waals surface area contributed by atoms with Crippen LogP contribution in [0.25, 0.3) is 16.9 Å². The van der Waals surface area contributed by atoms with Crippen LogP contribution in [-0.2, 0) is 20.8 Å². The highest BCUT2D eigenvalue weighted by Crippen LogP contribution is 2.49. The number of phenolic OH excluding ortho intramolecular Hbond substituents is 1. The molecule has 2 aromatic carbocycles. The zero-order chi connectivity index (χ0) is 24.7. The van der Waals surface area contributed by atoms with Crippen LogP contribution in [0.15, 0.2) is 35.9 Å². The fourth-order valence-electron chi connectivity index (χ4n) is 5.31. The van der Waals surface area contributed by atoms with Gasteiger partial charge < -0.3 is 21.1 Å². The summed E-state index contributed by atoms with van der Waals surface area (Å²) in [7, 11) is 0. The Bertz CT molecular complexity index is 1220. The smallest absolute Gasteiger partial charge is 0.224 e.